The molecule has 2 fully saturated rings. The molecule has 49 heavy (non-hydrogen) atoms. The zero-order valence-corrected chi connectivity index (χ0v) is 28.4. The molecule has 4 aromatic rings. The summed E-state index contributed by atoms with van der Waals surface area (Å²) < 4.78 is 5.84. The van der Waals surface area contributed by atoms with Crippen LogP contribution >= 0.6 is 11.6 Å². The van der Waals surface area contributed by atoms with Gasteiger partial charge in [0.15, 0.2) is 11.2 Å². The third-order valence-corrected chi connectivity index (χ3v) is 9.84. The number of halogens is 1. The number of hydrogen-bond acceptors (Lipinski definition) is 6. The van der Waals surface area contributed by atoms with Crippen molar-refractivity contribution in [1.82, 2.24) is 15.1 Å². The summed E-state index contributed by atoms with van der Waals surface area (Å²) >= 11 is 6.11. The van der Waals surface area contributed by atoms with Crippen molar-refractivity contribution in [1.29, 1.82) is 0 Å². The summed E-state index contributed by atoms with van der Waals surface area (Å²) in [6, 6.07) is 20.3. The van der Waals surface area contributed by atoms with E-state index >= 15 is 0 Å². The van der Waals surface area contributed by atoms with Crippen LogP contribution in [0.3, 0.4) is 0 Å². The summed E-state index contributed by atoms with van der Waals surface area (Å²) in [5.41, 5.74) is 3.44. The molecule has 4 amide bonds. The normalized spacial score (nSPS) is 15.8. The summed E-state index contributed by atoms with van der Waals surface area (Å²) in [5.74, 6) is -0.885. The van der Waals surface area contributed by atoms with Crippen LogP contribution < -0.4 is 15.6 Å². The zero-order valence-electron chi connectivity index (χ0n) is 27.6. The summed E-state index contributed by atoms with van der Waals surface area (Å²) in [4.78, 5) is 69.9. The van der Waals surface area contributed by atoms with Crippen LogP contribution in [0.15, 0.2) is 82.0 Å². The molecule has 6 rings (SSSR count). The van der Waals surface area contributed by atoms with E-state index in [1.165, 1.54) is 17.4 Å². The molecule has 0 radical (unpaired) electrons. The molecule has 10 nitrogen and oxygen atoms in total. The molecule has 2 aliphatic rings. The Morgan fingerprint density at radius 3 is 2.41 bits per heavy atom. The Morgan fingerprint density at radius 2 is 1.71 bits per heavy atom. The van der Waals surface area contributed by atoms with Crippen LogP contribution in [0, 0.1) is 0 Å². The van der Waals surface area contributed by atoms with E-state index in [0.29, 0.717) is 36.8 Å². The van der Waals surface area contributed by atoms with Crippen molar-refractivity contribution in [3.8, 4) is 0 Å². The second-order valence-electron chi connectivity index (χ2n) is 12.8. The highest BCUT2D eigenvalue weighted by Crippen LogP contribution is 2.32. The lowest BCUT2D eigenvalue weighted by atomic mass is 9.86. The number of likely N-dealkylation sites (tertiary alicyclic amines) is 2. The van der Waals surface area contributed by atoms with Gasteiger partial charge in [-0.25, -0.2) is 0 Å². The first kappa shape index (κ1) is 33.9. The van der Waals surface area contributed by atoms with Crippen molar-refractivity contribution in [3.05, 3.63) is 110 Å². The molecule has 0 saturated carbocycles. The third kappa shape index (κ3) is 7.70. The topological polar surface area (TPSA) is 120 Å². The van der Waals surface area contributed by atoms with Crippen LogP contribution in [-0.4, -0.2) is 66.2 Å². The molecule has 254 valence electrons. The van der Waals surface area contributed by atoms with Gasteiger partial charge in [-0.05, 0) is 72.2 Å². The van der Waals surface area contributed by atoms with Gasteiger partial charge in [-0.2, -0.15) is 0 Å². The summed E-state index contributed by atoms with van der Waals surface area (Å²) in [6.07, 6.45) is 3.21. The molecule has 0 bridgehead atoms. The van der Waals surface area contributed by atoms with Gasteiger partial charge in [0.25, 0.3) is 5.91 Å². The maximum atomic E-state index is 14.1. The van der Waals surface area contributed by atoms with E-state index < -0.39 is 17.4 Å². The number of carbonyl (C=O) groups is 4. The number of piperidine rings is 1. The summed E-state index contributed by atoms with van der Waals surface area (Å²) in [6.45, 7) is 3.82. The Kier molecular flexibility index (Phi) is 10.1. The van der Waals surface area contributed by atoms with E-state index in [0.717, 1.165) is 43.0 Å². The predicted octanol–water partition coefficient (Wildman–Crippen LogP) is 5.30. The van der Waals surface area contributed by atoms with Gasteiger partial charge in [0.1, 0.15) is 11.6 Å². The quantitative estimate of drug-likeness (QED) is 0.256. The molecule has 0 spiro atoms. The number of anilines is 1. The molecule has 11 heteroatoms. The number of benzene rings is 3. The van der Waals surface area contributed by atoms with Gasteiger partial charge in [-0.3, -0.25) is 24.0 Å². The Balaban J connectivity index is 1.19. The van der Waals surface area contributed by atoms with Crippen LogP contribution in [0.2, 0.25) is 5.02 Å². The molecule has 0 aliphatic carbocycles. The average molecular weight is 683 g/mol. The van der Waals surface area contributed by atoms with Gasteiger partial charge >= 0.3 is 0 Å². The Bertz CT molecular complexity index is 1950. The minimum atomic E-state index is -0.925. The standard InChI is InChI=1S/C38H39ClN4O6/c1-24(44)41(2)29-13-14-34-31(21-29)33(45)22-35(49-34)37(47)40-32(20-25-9-11-28(39)12-10-25)38(48)42-18-15-26(16-19-42)30-7-4-3-6-27(30)23-43-17-5-8-36(43)46/h3-4,6-7,9-14,21-22,26,32H,5,8,15-20,23H2,1-2H3,(H,40,47)/t32-/m0/s1. The van der Waals surface area contributed by atoms with Gasteiger partial charge < -0.3 is 24.4 Å². The number of hydrogen-bond donors (Lipinski definition) is 1. The largest absolute Gasteiger partial charge is 0.451 e. The fourth-order valence-electron chi connectivity index (χ4n) is 6.72. The van der Waals surface area contributed by atoms with Crippen molar-refractivity contribution < 1.29 is 23.6 Å². The SMILES string of the molecule is CC(=O)N(C)c1ccc2oc(C(=O)N[C@@H](Cc3ccc(Cl)cc3)C(=O)N3CCC(c4ccccc4CN4CCCC4=O)CC3)cc(=O)c2c1. The molecular weight excluding hydrogens is 644 g/mol. The van der Waals surface area contributed by atoms with Gasteiger partial charge in [0.05, 0.1) is 5.39 Å². The fraction of sp³-hybridized carbons (Fsp3) is 0.342. The highest BCUT2D eigenvalue weighted by molar-refractivity contribution is 6.30. The Labute approximate surface area is 289 Å². The van der Waals surface area contributed by atoms with Gasteiger partial charge in [-0.15, -0.1) is 0 Å². The smallest absolute Gasteiger partial charge is 0.287 e. The van der Waals surface area contributed by atoms with Crippen molar-refractivity contribution in [2.24, 2.45) is 0 Å². The van der Waals surface area contributed by atoms with E-state index in [1.54, 1.807) is 42.3 Å². The molecule has 3 aromatic carbocycles. The zero-order chi connectivity index (χ0) is 34.7. The first-order valence-electron chi connectivity index (χ1n) is 16.6. The van der Waals surface area contributed by atoms with Gasteiger partial charge in [0, 0.05) is 69.8 Å². The Hall–Kier alpha value is -4.96. The number of nitrogens with zero attached hydrogens (tertiary/aromatic N) is 3. The van der Waals surface area contributed by atoms with Crippen LogP contribution in [-0.2, 0) is 27.3 Å². The first-order valence-corrected chi connectivity index (χ1v) is 17.0. The van der Waals surface area contributed by atoms with Crippen LogP contribution in [0.5, 0.6) is 0 Å². The van der Waals surface area contributed by atoms with Gasteiger partial charge in [0.2, 0.25) is 17.7 Å². The van der Waals surface area contributed by atoms with E-state index in [2.05, 4.69) is 17.4 Å². The number of amides is 4. The van der Waals surface area contributed by atoms with Crippen molar-refractivity contribution in [2.75, 3.05) is 31.6 Å². The summed E-state index contributed by atoms with van der Waals surface area (Å²) in [7, 11) is 1.60. The number of nitrogens with one attached hydrogen (secondary N) is 1. The minimum Gasteiger partial charge on any atom is -0.451 e. The molecule has 3 heterocycles. The third-order valence-electron chi connectivity index (χ3n) is 9.58. The highest BCUT2D eigenvalue weighted by atomic mass is 35.5. The number of rotatable bonds is 9. The van der Waals surface area contributed by atoms with Crippen molar-refractivity contribution >= 4 is 51.9 Å². The van der Waals surface area contributed by atoms with E-state index in [4.69, 9.17) is 16.0 Å². The molecule has 2 aliphatic heterocycles. The second-order valence-corrected chi connectivity index (χ2v) is 13.2. The molecule has 1 N–H and O–H groups in total. The molecule has 0 unspecified atom stereocenters. The minimum absolute atomic E-state index is 0.190. The van der Waals surface area contributed by atoms with Crippen LogP contribution in [0.25, 0.3) is 11.0 Å². The van der Waals surface area contributed by atoms with Crippen molar-refractivity contribution in [2.45, 2.75) is 57.5 Å². The first-order chi connectivity index (χ1) is 23.6. The van der Waals surface area contributed by atoms with E-state index in [-0.39, 0.29) is 46.8 Å². The number of fused-ring (bicyclic) bond motifs is 1. The Morgan fingerprint density at radius 1 is 0.980 bits per heavy atom. The lowest BCUT2D eigenvalue weighted by Gasteiger charge is -2.35. The fourth-order valence-corrected chi connectivity index (χ4v) is 6.84. The highest BCUT2D eigenvalue weighted by Gasteiger charge is 2.32. The molecule has 2 saturated heterocycles. The van der Waals surface area contributed by atoms with E-state index in [9.17, 15) is 24.0 Å². The molecule has 1 atom stereocenters. The molecular formula is C38H39ClN4O6. The monoisotopic (exact) mass is 682 g/mol. The van der Waals surface area contributed by atoms with Crippen molar-refractivity contribution in [3.63, 3.8) is 0 Å². The second kappa shape index (κ2) is 14.7. The number of carbonyl (C=O) groups excluding carboxylic acids is 4. The van der Waals surface area contributed by atoms with Gasteiger partial charge in [-0.1, -0.05) is 48.0 Å². The summed E-state index contributed by atoms with van der Waals surface area (Å²) in [5, 5.41) is 3.63. The van der Waals surface area contributed by atoms with Crippen LogP contribution in [0.4, 0.5) is 5.69 Å². The van der Waals surface area contributed by atoms with Crippen LogP contribution in [0.1, 0.15) is 65.8 Å². The lowest BCUT2D eigenvalue weighted by Crippen LogP contribution is -2.51. The van der Waals surface area contributed by atoms with E-state index in [1.807, 2.05) is 29.2 Å². The molecule has 1 aromatic heterocycles. The maximum absolute atomic E-state index is 14.1. The average Bonchev–Trinajstić information content (AvgIpc) is 3.51. The lowest BCUT2D eigenvalue weighted by molar-refractivity contribution is -0.134. The predicted molar refractivity (Wildman–Crippen MR) is 188 cm³/mol. The maximum Gasteiger partial charge on any atom is 0.287 e.